The standard InChI is InChI=1S/C33H24ClN3O2S/c34-25-19-17-24(18-20-25)32-21-30(35-37(32)26-11-2-1-3-12-26)29-22-36(31-15-7-6-14-28(29)31)40(38,39)33-16-8-10-23-9-4-5-13-27(23)33/h1-20,22,32H,21H2. The van der Waals surface area contributed by atoms with Crippen molar-refractivity contribution in [1.29, 1.82) is 0 Å². The lowest BCUT2D eigenvalue weighted by molar-refractivity contribution is 0.590. The third-order valence-corrected chi connectivity index (χ3v) is 9.45. The van der Waals surface area contributed by atoms with E-state index in [9.17, 15) is 8.42 Å². The number of halogens is 1. The molecule has 0 spiro atoms. The molecule has 6 aromatic rings. The maximum absolute atomic E-state index is 14.2. The third kappa shape index (κ3) is 4.08. The highest BCUT2D eigenvalue weighted by atomic mass is 35.5. The minimum absolute atomic E-state index is 0.0635. The molecule has 0 N–H and O–H groups in total. The molecule has 7 rings (SSSR count). The van der Waals surface area contributed by atoms with Crippen molar-refractivity contribution in [2.75, 3.05) is 5.01 Å². The van der Waals surface area contributed by atoms with Crippen LogP contribution in [0.5, 0.6) is 0 Å². The van der Waals surface area contributed by atoms with Crippen molar-refractivity contribution >= 4 is 54.7 Å². The molecule has 0 amide bonds. The topological polar surface area (TPSA) is 54.7 Å². The van der Waals surface area contributed by atoms with E-state index in [1.54, 1.807) is 18.3 Å². The summed E-state index contributed by atoms with van der Waals surface area (Å²) in [5.41, 5.74) is 4.29. The van der Waals surface area contributed by atoms with Gasteiger partial charge in [-0.05, 0) is 47.3 Å². The number of para-hydroxylation sites is 2. The Morgan fingerprint density at radius 1 is 0.725 bits per heavy atom. The largest absolute Gasteiger partial charge is 0.268 e. The average molecular weight is 562 g/mol. The molecular weight excluding hydrogens is 538 g/mol. The van der Waals surface area contributed by atoms with Crippen LogP contribution in [0.1, 0.15) is 23.6 Å². The van der Waals surface area contributed by atoms with E-state index >= 15 is 0 Å². The molecule has 5 nitrogen and oxygen atoms in total. The fourth-order valence-corrected chi connectivity index (χ4v) is 7.26. The second kappa shape index (κ2) is 9.66. The van der Waals surface area contributed by atoms with Gasteiger partial charge in [0.2, 0.25) is 0 Å². The van der Waals surface area contributed by atoms with Gasteiger partial charge in [-0.3, -0.25) is 5.01 Å². The number of hydrazone groups is 1. The number of hydrogen-bond donors (Lipinski definition) is 0. The first-order valence-electron chi connectivity index (χ1n) is 13.0. The minimum atomic E-state index is -3.90. The minimum Gasteiger partial charge on any atom is -0.257 e. The SMILES string of the molecule is O=S(=O)(c1cccc2ccccc12)n1cc(C2=NN(c3ccccc3)C(c3ccc(Cl)cc3)C2)c2ccccc21. The van der Waals surface area contributed by atoms with Crippen LogP contribution in [0.15, 0.2) is 138 Å². The molecule has 1 atom stereocenters. The van der Waals surface area contributed by atoms with E-state index in [1.165, 1.54) is 3.97 Å². The van der Waals surface area contributed by atoms with Crippen LogP contribution in [0.25, 0.3) is 21.7 Å². The molecule has 1 aliphatic heterocycles. The van der Waals surface area contributed by atoms with Crippen LogP contribution in [-0.4, -0.2) is 18.1 Å². The van der Waals surface area contributed by atoms with E-state index in [0.717, 1.165) is 33.3 Å². The predicted octanol–water partition coefficient (Wildman–Crippen LogP) is 8.04. The molecule has 1 aliphatic rings. The summed E-state index contributed by atoms with van der Waals surface area (Å²) in [4.78, 5) is 0.274. The van der Waals surface area contributed by atoms with Crippen molar-refractivity contribution in [2.24, 2.45) is 5.10 Å². The van der Waals surface area contributed by atoms with Gasteiger partial charge in [0.1, 0.15) is 0 Å². The zero-order valence-electron chi connectivity index (χ0n) is 21.4. The zero-order valence-corrected chi connectivity index (χ0v) is 22.9. The van der Waals surface area contributed by atoms with Crippen molar-refractivity contribution in [3.05, 3.63) is 144 Å². The number of anilines is 1. The molecule has 0 fully saturated rings. The van der Waals surface area contributed by atoms with Gasteiger partial charge in [-0.15, -0.1) is 0 Å². The van der Waals surface area contributed by atoms with Gasteiger partial charge in [-0.1, -0.05) is 96.5 Å². The lowest BCUT2D eigenvalue weighted by atomic mass is 9.98. The summed E-state index contributed by atoms with van der Waals surface area (Å²) in [7, 11) is -3.90. The molecule has 196 valence electrons. The summed E-state index contributed by atoms with van der Waals surface area (Å²) in [5, 5.41) is 10.2. The molecular formula is C33H24ClN3O2S. The molecule has 0 aliphatic carbocycles. The van der Waals surface area contributed by atoms with E-state index in [2.05, 4.69) is 0 Å². The second-order valence-electron chi connectivity index (χ2n) is 9.84. The number of rotatable bonds is 5. The molecule has 0 bridgehead atoms. The lowest BCUT2D eigenvalue weighted by Gasteiger charge is -2.24. The number of aromatic nitrogens is 1. The Morgan fingerprint density at radius 2 is 1.40 bits per heavy atom. The van der Waals surface area contributed by atoms with E-state index in [0.29, 0.717) is 22.3 Å². The Kier molecular flexibility index (Phi) is 5.95. The first-order valence-corrected chi connectivity index (χ1v) is 14.8. The van der Waals surface area contributed by atoms with Gasteiger partial charge in [0.15, 0.2) is 0 Å². The van der Waals surface area contributed by atoms with Crippen molar-refractivity contribution in [2.45, 2.75) is 17.4 Å². The summed E-state index contributed by atoms with van der Waals surface area (Å²) in [5.74, 6) is 0. The number of nitrogens with zero attached hydrogens (tertiary/aromatic N) is 3. The van der Waals surface area contributed by atoms with E-state index in [1.807, 2.05) is 114 Å². The average Bonchev–Trinajstić information content (AvgIpc) is 3.61. The molecule has 0 saturated heterocycles. The molecule has 40 heavy (non-hydrogen) atoms. The van der Waals surface area contributed by atoms with E-state index in [-0.39, 0.29) is 10.9 Å². The maximum Gasteiger partial charge on any atom is 0.268 e. The van der Waals surface area contributed by atoms with Crippen molar-refractivity contribution in [3.63, 3.8) is 0 Å². The van der Waals surface area contributed by atoms with Crippen LogP contribution >= 0.6 is 11.6 Å². The third-order valence-electron chi connectivity index (χ3n) is 7.46. The molecule has 1 aromatic heterocycles. The maximum atomic E-state index is 14.2. The van der Waals surface area contributed by atoms with Gasteiger partial charge in [0.25, 0.3) is 10.0 Å². The summed E-state index contributed by atoms with van der Waals surface area (Å²) in [6, 6.07) is 38.3. The van der Waals surface area contributed by atoms with Gasteiger partial charge in [0.05, 0.1) is 27.9 Å². The molecule has 1 unspecified atom stereocenters. The molecule has 2 heterocycles. The summed E-state index contributed by atoms with van der Waals surface area (Å²) < 4.78 is 29.8. The van der Waals surface area contributed by atoms with Crippen molar-refractivity contribution in [1.82, 2.24) is 3.97 Å². The summed E-state index contributed by atoms with van der Waals surface area (Å²) in [6.07, 6.45) is 2.34. The molecule has 0 saturated carbocycles. The lowest BCUT2D eigenvalue weighted by Crippen LogP contribution is -2.18. The Labute approximate surface area is 237 Å². The highest BCUT2D eigenvalue weighted by Gasteiger charge is 2.32. The normalized spacial score (nSPS) is 15.6. The highest BCUT2D eigenvalue weighted by Crippen LogP contribution is 2.39. The Hall–Kier alpha value is -4.39. The van der Waals surface area contributed by atoms with Crippen molar-refractivity contribution in [3.8, 4) is 0 Å². The van der Waals surface area contributed by atoms with Crippen LogP contribution in [0.3, 0.4) is 0 Å². The number of fused-ring (bicyclic) bond motifs is 2. The first kappa shape index (κ1) is 24.6. The van der Waals surface area contributed by atoms with Crippen LogP contribution in [0.4, 0.5) is 5.69 Å². The predicted molar refractivity (Wildman–Crippen MR) is 163 cm³/mol. The second-order valence-corrected chi connectivity index (χ2v) is 12.1. The number of benzene rings is 5. The smallest absolute Gasteiger partial charge is 0.257 e. The van der Waals surface area contributed by atoms with Crippen LogP contribution in [0, 0.1) is 0 Å². The van der Waals surface area contributed by atoms with E-state index < -0.39 is 10.0 Å². The molecule has 0 radical (unpaired) electrons. The summed E-state index contributed by atoms with van der Waals surface area (Å²) >= 11 is 6.19. The van der Waals surface area contributed by atoms with Gasteiger partial charge >= 0.3 is 0 Å². The number of hydrogen-bond acceptors (Lipinski definition) is 4. The van der Waals surface area contributed by atoms with Gasteiger partial charge < -0.3 is 0 Å². The quantitative estimate of drug-likeness (QED) is 0.214. The summed E-state index contributed by atoms with van der Waals surface area (Å²) in [6.45, 7) is 0. The zero-order chi connectivity index (χ0) is 27.3. The fraction of sp³-hybridized carbons (Fsp3) is 0.0606. The van der Waals surface area contributed by atoms with E-state index in [4.69, 9.17) is 16.7 Å². The van der Waals surface area contributed by atoms with Gasteiger partial charge in [-0.2, -0.15) is 5.10 Å². The monoisotopic (exact) mass is 561 g/mol. The Bertz CT molecular complexity index is 2010. The fourth-order valence-electron chi connectivity index (χ4n) is 5.54. The van der Waals surface area contributed by atoms with Gasteiger partial charge in [-0.25, -0.2) is 12.4 Å². The molecule has 5 aromatic carbocycles. The van der Waals surface area contributed by atoms with Crippen LogP contribution in [-0.2, 0) is 10.0 Å². The van der Waals surface area contributed by atoms with Gasteiger partial charge in [0, 0.05) is 34.0 Å². The highest BCUT2D eigenvalue weighted by molar-refractivity contribution is 7.90. The van der Waals surface area contributed by atoms with Crippen molar-refractivity contribution < 1.29 is 8.42 Å². The van der Waals surface area contributed by atoms with Crippen LogP contribution in [0.2, 0.25) is 5.02 Å². The molecule has 7 heteroatoms. The van der Waals surface area contributed by atoms with Crippen LogP contribution < -0.4 is 5.01 Å². The first-order chi connectivity index (χ1) is 19.5. The Morgan fingerprint density at radius 3 is 2.20 bits per heavy atom. The Balaban J connectivity index is 1.39.